The summed E-state index contributed by atoms with van der Waals surface area (Å²) in [6.07, 6.45) is 0. The molecule has 0 aromatic heterocycles. The highest BCUT2D eigenvalue weighted by atomic mass is 28.3. The van der Waals surface area contributed by atoms with E-state index in [0.29, 0.717) is 0 Å². The summed E-state index contributed by atoms with van der Waals surface area (Å²) in [5.74, 6) is 0. The van der Waals surface area contributed by atoms with Gasteiger partial charge in [0.25, 0.3) is 0 Å². The van der Waals surface area contributed by atoms with E-state index in [0.717, 1.165) is 0 Å². The fourth-order valence-corrected chi connectivity index (χ4v) is 14.0. The van der Waals surface area contributed by atoms with Crippen molar-refractivity contribution in [2.75, 3.05) is 0 Å². The van der Waals surface area contributed by atoms with Crippen LogP contribution in [0.2, 0.25) is 0 Å². The fourth-order valence-electron chi connectivity index (χ4n) is 8.03. The topological polar surface area (TPSA) is 0 Å². The van der Waals surface area contributed by atoms with E-state index in [4.69, 9.17) is 0 Å². The lowest BCUT2D eigenvalue weighted by Crippen LogP contribution is -2.56. The van der Waals surface area contributed by atoms with Crippen molar-refractivity contribution in [3.05, 3.63) is 190 Å². The molecule has 6 aromatic carbocycles. The lowest BCUT2D eigenvalue weighted by molar-refractivity contribution is 1.43. The Balaban J connectivity index is 1.68. The van der Waals surface area contributed by atoms with E-state index in [2.05, 4.69) is 173 Å². The molecule has 45 heavy (non-hydrogen) atoms. The van der Waals surface area contributed by atoms with Crippen LogP contribution < -0.4 is 10.4 Å². The number of hydrogen-bond acceptors (Lipinski definition) is 0. The third-order valence-electron chi connectivity index (χ3n) is 9.68. The summed E-state index contributed by atoms with van der Waals surface area (Å²) in [6.45, 7) is 8.89. The molecule has 0 fully saturated rings. The van der Waals surface area contributed by atoms with Crippen LogP contribution in [0.25, 0.3) is 32.7 Å². The molecule has 0 amide bonds. The average molecular weight is 593 g/mol. The molecule has 0 bridgehead atoms. The van der Waals surface area contributed by atoms with Gasteiger partial charge in [0.1, 0.15) is 0 Å². The first-order valence-electron chi connectivity index (χ1n) is 15.9. The highest BCUT2D eigenvalue weighted by Crippen LogP contribution is 2.57. The van der Waals surface area contributed by atoms with E-state index in [-0.39, 0.29) is 0 Å². The van der Waals surface area contributed by atoms with Crippen molar-refractivity contribution in [3.63, 3.8) is 0 Å². The molecule has 1 spiro atoms. The second kappa shape index (κ2) is 10.6. The van der Waals surface area contributed by atoms with Crippen LogP contribution in [0.3, 0.4) is 0 Å². The Hall–Kier alpha value is -4.98. The molecule has 0 nitrogen and oxygen atoms in total. The van der Waals surface area contributed by atoms with E-state index >= 15 is 0 Å². The van der Waals surface area contributed by atoms with Crippen molar-refractivity contribution in [2.45, 2.75) is 27.7 Å². The molecule has 1 heteroatoms. The van der Waals surface area contributed by atoms with Gasteiger partial charge < -0.3 is 0 Å². The third kappa shape index (κ3) is 4.19. The summed E-state index contributed by atoms with van der Waals surface area (Å²) in [5.41, 5.74) is 15.9. The van der Waals surface area contributed by atoms with E-state index in [9.17, 15) is 0 Å². The maximum absolute atomic E-state index is 2.86. The zero-order valence-corrected chi connectivity index (χ0v) is 27.4. The number of benzene rings is 6. The van der Waals surface area contributed by atoms with Crippen LogP contribution in [0.15, 0.2) is 146 Å². The van der Waals surface area contributed by atoms with Gasteiger partial charge in [-0.15, -0.1) is 0 Å². The van der Waals surface area contributed by atoms with Gasteiger partial charge in [0.2, 0.25) is 0 Å². The summed E-state index contributed by atoms with van der Waals surface area (Å²) in [7, 11) is -2.86. The van der Waals surface area contributed by atoms with Crippen LogP contribution in [0.5, 0.6) is 0 Å². The molecule has 2 aliphatic rings. The molecule has 8 rings (SSSR count). The van der Waals surface area contributed by atoms with Gasteiger partial charge >= 0.3 is 0 Å². The minimum atomic E-state index is -2.86. The van der Waals surface area contributed by atoms with E-state index < -0.39 is 8.07 Å². The standard InChI is InChI=1S/C44H36Si/c1-29-13-9-17-33(25-29)41-42(34-18-10-14-30(2)26-34)44(36-20-12-16-32(4)28-36)45(43(41)35-19-11-15-31(3)27-35)39-23-7-5-21-37(39)38-22-6-8-24-40(38)45/h5-28H,1-4H3. The lowest BCUT2D eigenvalue weighted by Gasteiger charge is -2.33. The summed E-state index contributed by atoms with van der Waals surface area (Å²) < 4.78 is 0. The number of allylic oxidation sites excluding steroid dienone is 2. The smallest absolute Gasteiger partial charge is 0.0623 e. The van der Waals surface area contributed by atoms with Crippen LogP contribution in [0.1, 0.15) is 44.5 Å². The largest absolute Gasteiger partial charge is 0.183 e. The van der Waals surface area contributed by atoms with Gasteiger partial charge in [0, 0.05) is 0 Å². The van der Waals surface area contributed by atoms with Crippen molar-refractivity contribution in [3.8, 4) is 11.1 Å². The highest BCUT2D eigenvalue weighted by Gasteiger charge is 2.57. The molecule has 0 N–H and O–H groups in total. The van der Waals surface area contributed by atoms with Crippen LogP contribution in [-0.2, 0) is 0 Å². The van der Waals surface area contributed by atoms with Gasteiger partial charge in [-0.25, -0.2) is 0 Å². The van der Waals surface area contributed by atoms with Crippen LogP contribution in [-0.4, -0.2) is 8.07 Å². The van der Waals surface area contributed by atoms with Crippen LogP contribution in [0, 0.1) is 27.7 Å². The average Bonchev–Trinajstić information content (AvgIpc) is 3.52. The van der Waals surface area contributed by atoms with E-state index in [1.165, 1.54) is 87.5 Å². The number of aryl methyl sites for hydroxylation is 4. The summed E-state index contributed by atoms with van der Waals surface area (Å²) >= 11 is 0. The molecular weight excluding hydrogens is 557 g/mol. The van der Waals surface area contributed by atoms with Crippen molar-refractivity contribution in [2.24, 2.45) is 0 Å². The molecule has 2 aliphatic heterocycles. The van der Waals surface area contributed by atoms with Crippen molar-refractivity contribution >= 4 is 40.0 Å². The van der Waals surface area contributed by atoms with E-state index in [1.807, 2.05) is 0 Å². The maximum atomic E-state index is 2.44. The lowest BCUT2D eigenvalue weighted by atomic mass is 9.88. The predicted octanol–water partition coefficient (Wildman–Crippen LogP) is 9.78. The van der Waals surface area contributed by atoms with Gasteiger partial charge in [0.15, 0.2) is 8.07 Å². The predicted molar refractivity (Wildman–Crippen MR) is 195 cm³/mol. The number of hydrogen-bond donors (Lipinski definition) is 0. The van der Waals surface area contributed by atoms with Crippen molar-refractivity contribution < 1.29 is 0 Å². The monoisotopic (exact) mass is 592 g/mol. The van der Waals surface area contributed by atoms with Crippen LogP contribution in [0.4, 0.5) is 0 Å². The van der Waals surface area contributed by atoms with Gasteiger partial charge in [0.05, 0.1) is 0 Å². The van der Waals surface area contributed by atoms with E-state index in [1.54, 1.807) is 0 Å². The van der Waals surface area contributed by atoms with Gasteiger partial charge in [-0.1, -0.05) is 168 Å². The number of fused-ring (bicyclic) bond motifs is 5. The van der Waals surface area contributed by atoms with Crippen LogP contribution >= 0.6 is 0 Å². The quantitative estimate of drug-likeness (QED) is 0.179. The highest BCUT2D eigenvalue weighted by molar-refractivity contribution is 7.31. The molecular formula is C44H36Si. The molecule has 216 valence electrons. The summed E-state index contributed by atoms with van der Waals surface area (Å²) in [6, 6.07) is 55.5. The fraction of sp³-hybridized carbons (Fsp3) is 0.0909. The maximum Gasteiger partial charge on any atom is 0.183 e. The molecule has 2 heterocycles. The van der Waals surface area contributed by atoms with Gasteiger partial charge in [-0.05, 0) is 93.0 Å². The second-order valence-electron chi connectivity index (χ2n) is 12.8. The SMILES string of the molecule is Cc1cccc(C2=C(c3cccc(C)c3)[Si]3(C(c4cccc(C)c4)=C2c2cccc(C)c2)c2ccccc2-c2ccccc23)c1. The summed E-state index contributed by atoms with van der Waals surface area (Å²) in [4.78, 5) is 0. The molecule has 0 unspecified atom stereocenters. The van der Waals surface area contributed by atoms with Crippen molar-refractivity contribution in [1.82, 2.24) is 0 Å². The molecule has 0 saturated carbocycles. The minimum absolute atomic E-state index is 1.28. The Morgan fingerprint density at radius 1 is 0.333 bits per heavy atom. The molecule has 0 radical (unpaired) electrons. The zero-order chi connectivity index (χ0) is 30.7. The zero-order valence-electron chi connectivity index (χ0n) is 26.4. The van der Waals surface area contributed by atoms with Gasteiger partial charge in [-0.3, -0.25) is 0 Å². The normalized spacial score (nSPS) is 14.7. The molecule has 0 aliphatic carbocycles. The first kappa shape index (κ1) is 27.6. The third-order valence-corrected chi connectivity index (χ3v) is 14.7. The van der Waals surface area contributed by atoms with Gasteiger partial charge in [-0.2, -0.15) is 0 Å². The first-order chi connectivity index (χ1) is 22.0. The Labute approximate surface area is 268 Å². The van der Waals surface area contributed by atoms with Crippen molar-refractivity contribution in [1.29, 1.82) is 0 Å². The number of rotatable bonds is 4. The molecule has 0 saturated heterocycles. The second-order valence-corrected chi connectivity index (χ2v) is 16.4. The Morgan fingerprint density at radius 2 is 0.667 bits per heavy atom. The minimum Gasteiger partial charge on any atom is -0.0623 e. The Bertz CT molecular complexity index is 2050. The summed E-state index contributed by atoms with van der Waals surface area (Å²) in [5, 5.41) is 5.99. The Morgan fingerprint density at radius 3 is 1.04 bits per heavy atom. The molecule has 0 atom stereocenters. The molecule has 6 aromatic rings. The first-order valence-corrected chi connectivity index (χ1v) is 17.9. The Kier molecular flexibility index (Phi) is 6.48.